The number of piperidine rings is 1. The van der Waals surface area contributed by atoms with Crippen molar-refractivity contribution in [2.45, 2.75) is 19.3 Å². The average Bonchev–Trinajstić information content (AvgIpc) is 3.08. The molecule has 2 aromatic carbocycles. The molecule has 6 heteroatoms. The van der Waals surface area contributed by atoms with E-state index in [1.165, 1.54) is 10.5 Å². The van der Waals surface area contributed by atoms with Gasteiger partial charge in [-0.3, -0.25) is 14.5 Å². The van der Waals surface area contributed by atoms with E-state index in [0.717, 1.165) is 32.4 Å². The molecule has 0 radical (unpaired) electrons. The van der Waals surface area contributed by atoms with Gasteiger partial charge in [-0.15, -0.1) is 0 Å². The Labute approximate surface area is 189 Å². The highest BCUT2D eigenvalue weighted by Gasteiger charge is 2.42. The van der Waals surface area contributed by atoms with Crippen LogP contribution in [0.25, 0.3) is 5.57 Å². The van der Waals surface area contributed by atoms with E-state index in [4.69, 9.17) is 9.47 Å². The molecule has 0 aromatic heterocycles. The first-order valence-electron chi connectivity index (χ1n) is 11.2. The zero-order valence-corrected chi connectivity index (χ0v) is 18.8. The fourth-order valence-electron chi connectivity index (χ4n) is 4.64. The molecule has 0 N–H and O–H groups in total. The number of carbonyl (C=O) groups excluding carboxylic acids is 2. The van der Waals surface area contributed by atoms with Crippen molar-refractivity contribution in [3.05, 3.63) is 71.4 Å². The number of carbonyl (C=O) groups is 2. The van der Waals surface area contributed by atoms with Crippen LogP contribution in [0.2, 0.25) is 0 Å². The van der Waals surface area contributed by atoms with Crippen molar-refractivity contribution < 1.29 is 19.1 Å². The van der Waals surface area contributed by atoms with Crippen LogP contribution in [0, 0.1) is 5.92 Å². The molecule has 32 heavy (non-hydrogen) atoms. The van der Waals surface area contributed by atoms with Crippen molar-refractivity contribution in [2.24, 2.45) is 5.92 Å². The summed E-state index contributed by atoms with van der Waals surface area (Å²) in [4.78, 5) is 30.1. The summed E-state index contributed by atoms with van der Waals surface area (Å²) in [5.74, 6) is 0.641. The van der Waals surface area contributed by atoms with E-state index in [9.17, 15) is 9.59 Å². The third-order valence-corrected chi connectivity index (χ3v) is 6.34. The molecule has 0 unspecified atom stereocenters. The SMILES string of the molecule is COCCN1C(=O)C(c2ccccc2OC)=C(N2CCC(Cc3ccccc3)CC2)C1=O. The van der Waals surface area contributed by atoms with E-state index in [2.05, 4.69) is 29.2 Å². The second-order valence-electron chi connectivity index (χ2n) is 8.30. The van der Waals surface area contributed by atoms with Crippen LogP contribution in [0.5, 0.6) is 5.75 Å². The molecule has 0 saturated carbocycles. The Kier molecular flexibility index (Phi) is 6.90. The highest BCUT2D eigenvalue weighted by molar-refractivity contribution is 6.36. The van der Waals surface area contributed by atoms with Crippen molar-refractivity contribution in [2.75, 3.05) is 40.5 Å². The van der Waals surface area contributed by atoms with Gasteiger partial charge < -0.3 is 14.4 Å². The lowest BCUT2D eigenvalue weighted by Gasteiger charge is -2.34. The maximum Gasteiger partial charge on any atom is 0.277 e. The molecule has 2 aromatic rings. The number of rotatable bonds is 8. The van der Waals surface area contributed by atoms with Gasteiger partial charge in [-0.05, 0) is 36.8 Å². The lowest BCUT2D eigenvalue weighted by atomic mass is 9.89. The summed E-state index contributed by atoms with van der Waals surface area (Å²) in [5, 5.41) is 0. The maximum absolute atomic E-state index is 13.4. The number of hydrogen-bond acceptors (Lipinski definition) is 5. The highest BCUT2D eigenvalue weighted by atomic mass is 16.5. The Bertz CT molecular complexity index is 994. The van der Waals surface area contributed by atoms with Crippen molar-refractivity contribution in [1.82, 2.24) is 9.80 Å². The second kappa shape index (κ2) is 10.0. The third-order valence-electron chi connectivity index (χ3n) is 6.34. The molecule has 1 fully saturated rings. The first kappa shape index (κ1) is 22.1. The van der Waals surface area contributed by atoms with Gasteiger partial charge in [0.15, 0.2) is 0 Å². The van der Waals surface area contributed by atoms with E-state index < -0.39 is 0 Å². The number of amides is 2. The van der Waals surface area contributed by atoms with Gasteiger partial charge >= 0.3 is 0 Å². The standard InChI is InChI=1S/C26H30N2O4/c1-31-17-16-28-25(29)23(21-10-6-7-11-22(21)32-2)24(26(28)30)27-14-12-20(13-15-27)18-19-8-4-3-5-9-19/h3-11,20H,12-18H2,1-2H3. The number of methoxy groups -OCH3 is 2. The highest BCUT2D eigenvalue weighted by Crippen LogP contribution is 2.37. The minimum absolute atomic E-state index is 0.237. The van der Waals surface area contributed by atoms with Crippen molar-refractivity contribution in [1.29, 1.82) is 0 Å². The number of imide groups is 1. The molecule has 6 nitrogen and oxygen atoms in total. The Morgan fingerprint density at radius 2 is 1.59 bits per heavy atom. The summed E-state index contributed by atoms with van der Waals surface area (Å²) in [6.45, 7) is 2.05. The summed E-state index contributed by atoms with van der Waals surface area (Å²) >= 11 is 0. The van der Waals surface area contributed by atoms with Crippen molar-refractivity contribution in [3.63, 3.8) is 0 Å². The monoisotopic (exact) mass is 434 g/mol. The second-order valence-corrected chi connectivity index (χ2v) is 8.30. The molecule has 2 aliphatic heterocycles. The van der Waals surface area contributed by atoms with Crippen LogP contribution in [0.3, 0.4) is 0 Å². The smallest absolute Gasteiger partial charge is 0.277 e. The molecule has 1 saturated heterocycles. The van der Waals surface area contributed by atoms with Gasteiger partial charge in [0, 0.05) is 25.8 Å². The van der Waals surface area contributed by atoms with E-state index >= 15 is 0 Å². The van der Waals surface area contributed by atoms with E-state index in [1.807, 2.05) is 30.3 Å². The minimum Gasteiger partial charge on any atom is -0.496 e. The van der Waals surface area contributed by atoms with Gasteiger partial charge in [0.1, 0.15) is 11.4 Å². The lowest BCUT2D eigenvalue weighted by molar-refractivity contribution is -0.138. The Morgan fingerprint density at radius 3 is 2.28 bits per heavy atom. The van der Waals surface area contributed by atoms with Crippen molar-refractivity contribution in [3.8, 4) is 5.75 Å². The van der Waals surface area contributed by atoms with Crippen LogP contribution in [-0.4, -0.2) is 62.1 Å². The fraction of sp³-hybridized carbons (Fsp3) is 0.385. The Balaban J connectivity index is 1.60. The predicted molar refractivity (Wildman–Crippen MR) is 123 cm³/mol. The molecule has 168 valence electrons. The normalized spacial score (nSPS) is 17.4. The van der Waals surface area contributed by atoms with Gasteiger partial charge in [0.25, 0.3) is 11.8 Å². The quantitative estimate of drug-likeness (QED) is 0.596. The molecule has 0 aliphatic carbocycles. The largest absolute Gasteiger partial charge is 0.496 e. The molecule has 0 atom stereocenters. The van der Waals surface area contributed by atoms with Gasteiger partial charge in [0.05, 0.1) is 25.8 Å². The lowest BCUT2D eigenvalue weighted by Crippen LogP contribution is -2.40. The summed E-state index contributed by atoms with van der Waals surface area (Å²) in [6.07, 6.45) is 3.01. The summed E-state index contributed by atoms with van der Waals surface area (Å²) in [6, 6.07) is 17.9. The topological polar surface area (TPSA) is 59.1 Å². The summed E-state index contributed by atoms with van der Waals surface area (Å²) in [5.41, 5.74) is 2.94. The van der Waals surface area contributed by atoms with Gasteiger partial charge in [-0.25, -0.2) is 0 Å². The molecule has 0 bridgehead atoms. The average molecular weight is 435 g/mol. The number of hydrogen-bond donors (Lipinski definition) is 0. The number of likely N-dealkylation sites (tertiary alicyclic amines) is 1. The molecule has 2 aliphatic rings. The predicted octanol–water partition coefficient (Wildman–Crippen LogP) is 3.38. The van der Waals surface area contributed by atoms with E-state index in [0.29, 0.717) is 35.1 Å². The zero-order valence-electron chi connectivity index (χ0n) is 18.8. The van der Waals surface area contributed by atoms with Crippen LogP contribution < -0.4 is 4.74 Å². The van der Waals surface area contributed by atoms with Crippen LogP contribution in [-0.2, 0) is 20.7 Å². The van der Waals surface area contributed by atoms with Crippen LogP contribution in [0.1, 0.15) is 24.0 Å². The van der Waals surface area contributed by atoms with Gasteiger partial charge in [-0.1, -0.05) is 48.5 Å². The molecular weight excluding hydrogens is 404 g/mol. The zero-order chi connectivity index (χ0) is 22.5. The van der Waals surface area contributed by atoms with E-state index in [1.54, 1.807) is 14.2 Å². The van der Waals surface area contributed by atoms with Gasteiger partial charge in [0.2, 0.25) is 0 Å². The van der Waals surface area contributed by atoms with Crippen LogP contribution in [0.4, 0.5) is 0 Å². The maximum atomic E-state index is 13.4. The van der Waals surface area contributed by atoms with Crippen LogP contribution in [0.15, 0.2) is 60.3 Å². The Morgan fingerprint density at radius 1 is 0.906 bits per heavy atom. The minimum atomic E-state index is -0.280. The van der Waals surface area contributed by atoms with Crippen molar-refractivity contribution >= 4 is 17.4 Å². The summed E-state index contributed by atoms with van der Waals surface area (Å²) < 4.78 is 10.7. The third kappa shape index (κ3) is 4.41. The summed E-state index contributed by atoms with van der Waals surface area (Å²) in [7, 11) is 3.15. The number of para-hydroxylation sites is 1. The molecule has 2 amide bonds. The number of ether oxygens (including phenoxy) is 2. The van der Waals surface area contributed by atoms with E-state index in [-0.39, 0.29) is 18.4 Å². The number of benzene rings is 2. The Hall–Kier alpha value is -3.12. The molecule has 4 rings (SSSR count). The molecular formula is C26H30N2O4. The molecule has 2 heterocycles. The van der Waals surface area contributed by atoms with Crippen LogP contribution >= 0.6 is 0 Å². The fourth-order valence-corrected chi connectivity index (χ4v) is 4.64. The first-order valence-corrected chi connectivity index (χ1v) is 11.2. The molecule has 0 spiro atoms. The number of nitrogens with zero attached hydrogens (tertiary/aromatic N) is 2. The van der Waals surface area contributed by atoms with Gasteiger partial charge in [-0.2, -0.15) is 0 Å². The first-order chi connectivity index (χ1) is 15.6.